The lowest BCUT2D eigenvalue weighted by Gasteiger charge is -2.05. The fraction of sp³-hybridized carbons (Fsp3) is 0. The number of halogens is 2. The largest absolute Gasteiger partial charge is 0.298 e. The van der Waals surface area contributed by atoms with E-state index in [0.29, 0.717) is 16.7 Å². The normalized spacial score (nSPS) is 10.2. The smallest absolute Gasteiger partial charge is 0.151 e. The van der Waals surface area contributed by atoms with Crippen molar-refractivity contribution in [2.75, 3.05) is 0 Å². The molecule has 0 aliphatic rings. The van der Waals surface area contributed by atoms with Gasteiger partial charge in [0.15, 0.2) is 6.29 Å². The van der Waals surface area contributed by atoms with Crippen molar-refractivity contribution in [2.24, 2.45) is 0 Å². The predicted octanol–water partition coefficient (Wildman–Crippen LogP) is 3.93. The van der Waals surface area contributed by atoms with Gasteiger partial charge in [-0.05, 0) is 30.3 Å². The van der Waals surface area contributed by atoms with E-state index < -0.39 is 5.82 Å². The second-order valence-electron chi connectivity index (χ2n) is 3.33. The predicted molar refractivity (Wildman–Crippen MR) is 62.3 cm³/mol. The van der Waals surface area contributed by atoms with Gasteiger partial charge in [0.2, 0.25) is 0 Å². The fourth-order valence-electron chi connectivity index (χ4n) is 1.35. The third-order valence-corrected chi connectivity index (χ3v) is 3.30. The molecule has 0 heterocycles. The highest BCUT2D eigenvalue weighted by molar-refractivity contribution is 7.99. The quantitative estimate of drug-likeness (QED) is 0.768. The average molecular weight is 250 g/mol. The Morgan fingerprint density at radius 2 is 1.71 bits per heavy atom. The molecule has 2 rings (SSSR count). The van der Waals surface area contributed by atoms with Crippen molar-refractivity contribution in [3.05, 3.63) is 59.7 Å². The van der Waals surface area contributed by atoms with Gasteiger partial charge >= 0.3 is 0 Å². The minimum Gasteiger partial charge on any atom is -0.298 e. The number of hydrogen-bond acceptors (Lipinski definition) is 2. The molecule has 0 bridgehead atoms. The molecule has 0 unspecified atom stereocenters. The van der Waals surface area contributed by atoms with E-state index in [1.807, 2.05) is 0 Å². The number of hydrogen-bond donors (Lipinski definition) is 0. The van der Waals surface area contributed by atoms with Crippen molar-refractivity contribution < 1.29 is 13.6 Å². The van der Waals surface area contributed by atoms with E-state index in [2.05, 4.69) is 0 Å². The fourth-order valence-corrected chi connectivity index (χ4v) is 2.25. The maximum Gasteiger partial charge on any atom is 0.151 e. The lowest BCUT2D eigenvalue weighted by atomic mass is 10.2. The van der Waals surface area contributed by atoms with Crippen molar-refractivity contribution in [1.29, 1.82) is 0 Å². The van der Waals surface area contributed by atoms with Crippen LogP contribution in [0.3, 0.4) is 0 Å². The lowest BCUT2D eigenvalue weighted by molar-refractivity contribution is 0.112. The van der Waals surface area contributed by atoms with Gasteiger partial charge in [-0.1, -0.05) is 23.9 Å². The molecular formula is C13H8F2OS. The Bertz CT molecular complexity index is 538. The Morgan fingerprint density at radius 3 is 2.35 bits per heavy atom. The summed E-state index contributed by atoms with van der Waals surface area (Å²) in [4.78, 5) is 11.7. The molecule has 0 radical (unpaired) electrons. The van der Waals surface area contributed by atoms with Crippen molar-refractivity contribution in [3.63, 3.8) is 0 Å². The van der Waals surface area contributed by atoms with E-state index in [4.69, 9.17) is 0 Å². The van der Waals surface area contributed by atoms with Gasteiger partial charge in [0.25, 0.3) is 0 Å². The van der Waals surface area contributed by atoms with Crippen LogP contribution in [0.25, 0.3) is 0 Å². The van der Waals surface area contributed by atoms with Gasteiger partial charge in [0, 0.05) is 10.5 Å². The molecule has 1 nitrogen and oxygen atoms in total. The summed E-state index contributed by atoms with van der Waals surface area (Å²) in [5.41, 5.74) is 0.291. The number of carbonyl (C=O) groups excluding carboxylic acids is 1. The first-order chi connectivity index (χ1) is 8.20. The van der Waals surface area contributed by atoms with Gasteiger partial charge in [0.05, 0.1) is 4.90 Å². The zero-order valence-electron chi connectivity index (χ0n) is 8.69. The first-order valence-electron chi connectivity index (χ1n) is 4.88. The van der Waals surface area contributed by atoms with Gasteiger partial charge in [-0.25, -0.2) is 8.78 Å². The average Bonchev–Trinajstić information content (AvgIpc) is 2.34. The monoisotopic (exact) mass is 250 g/mol. The van der Waals surface area contributed by atoms with E-state index in [1.54, 1.807) is 18.2 Å². The van der Waals surface area contributed by atoms with Crippen LogP contribution < -0.4 is 0 Å². The van der Waals surface area contributed by atoms with E-state index in [-0.39, 0.29) is 10.7 Å². The number of carbonyl (C=O) groups is 1. The molecule has 0 amide bonds. The Morgan fingerprint density at radius 1 is 1.00 bits per heavy atom. The van der Waals surface area contributed by atoms with Crippen molar-refractivity contribution in [3.8, 4) is 0 Å². The van der Waals surface area contributed by atoms with Gasteiger partial charge in [-0.3, -0.25) is 4.79 Å². The Kier molecular flexibility index (Phi) is 3.54. The molecular weight excluding hydrogens is 242 g/mol. The summed E-state index contributed by atoms with van der Waals surface area (Å²) in [6.45, 7) is 0. The van der Waals surface area contributed by atoms with Crippen LogP contribution in [0.4, 0.5) is 8.78 Å². The van der Waals surface area contributed by atoms with Crippen molar-refractivity contribution in [2.45, 2.75) is 9.79 Å². The number of aldehydes is 1. The van der Waals surface area contributed by atoms with E-state index >= 15 is 0 Å². The summed E-state index contributed by atoms with van der Waals surface area (Å²) in [7, 11) is 0. The van der Waals surface area contributed by atoms with Gasteiger partial charge < -0.3 is 0 Å². The maximum atomic E-state index is 13.5. The van der Waals surface area contributed by atoms with Crippen LogP contribution in [0, 0.1) is 11.6 Å². The summed E-state index contributed by atoms with van der Waals surface area (Å²) >= 11 is 1.10. The van der Waals surface area contributed by atoms with Crippen LogP contribution in [-0.4, -0.2) is 6.29 Å². The summed E-state index contributed by atoms with van der Waals surface area (Å²) in [6, 6.07) is 9.99. The van der Waals surface area contributed by atoms with Crippen molar-refractivity contribution >= 4 is 18.0 Å². The summed E-state index contributed by atoms with van der Waals surface area (Å²) in [6.07, 6.45) is 0.606. The van der Waals surface area contributed by atoms with Crippen LogP contribution in [-0.2, 0) is 0 Å². The van der Waals surface area contributed by atoms with Gasteiger partial charge in [-0.15, -0.1) is 0 Å². The molecule has 2 aromatic carbocycles. The van der Waals surface area contributed by atoms with Crippen LogP contribution in [0.15, 0.2) is 52.3 Å². The van der Waals surface area contributed by atoms with Crippen LogP contribution in [0.1, 0.15) is 10.4 Å². The van der Waals surface area contributed by atoms with E-state index in [0.717, 1.165) is 11.8 Å². The number of rotatable bonds is 3. The molecule has 0 fully saturated rings. The van der Waals surface area contributed by atoms with E-state index in [1.165, 1.54) is 24.3 Å². The molecule has 4 heteroatoms. The second kappa shape index (κ2) is 5.10. The van der Waals surface area contributed by atoms with Crippen LogP contribution in [0.2, 0.25) is 0 Å². The Labute approximate surface area is 101 Å². The zero-order valence-corrected chi connectivity index (χ0v) is 9.51. The maximum absolute atomic E-state index is 13.5. The molecule has 0 aromatic heterocycles. The van der Waals surface area contributed by atoms with Crippen LogP contribution >= 0.6 is 11.8 Å². The van der Waals surface area contributed by atoms with Gasteiger partial charge in [0.1, 0.15) is 11.6 Å². The lowest BCUT2D eigenvalue weighted by Crippen LogP contribution is -1.89. The molecule has 0 atom stereocenters. The Hall–Kier alpha value is -1.68. The highest BCUT2D eigenvalue weighted by atomic mass is 32.2. The minimum absolute atomic E-state index is 0.258. The SMILES string of the molecule is O=Cc1cccc(F)c1Sc1ccc(F)cc1. The molecule has 0 spiro atoms. The highest BCUT2D eigenvalue weighted by Crippen LogP contribution is 2.32. The van der Waals surface area contributed by atoms with Crippen LogP contribution in [0.5, 0.6) is 0 Å². The van der Waals surface area contributed by atoms with Crippen molar-refractivity contribution in [1.82, 2.24) is 0 Å². The molecule has 0 saturated heterocycles. The second-order valence-corrected chi connectivity index (χ2v) is 4.42. The molecule has 86 valence electrons. The summed E-state index contributed by atoms with van der Waals surface area (Å²) in [5, 5.41) is 0. The standard InChI is InChI=1S/C13H8F2OS/c14-10-4-6-11(7-5-10)17-13-9(8-16)2-1-3-12(13)15/h1-8H. The minimum atomic E-state index is -0.455. The first-order valence-corrected chi connectivity index (χ1v) is 5.69. The molecule has 0 N–H and O–H groups in total. The third-order valence-electron chi connectivity index (χ3n) is 2.16. The van der Waals surface area contributed by atoms with E-state index in [9.17, 15) is 13.6 Å². The summed E-state index contributed by atoms with van der Waals surface area (Å²) < 4.78 is 26.3. The number of benzene rings is 2. The first kappa shape index (κ1) is 11.8. The molecule has 2 aromatic rings. The summed E-state index contributed by atoms with van der Waals surface area (Å²) in [5.74, 6) is -0.803. The molecule has 17 heavy (non-hydrogen) atoms. The topological polar surface area (TPSA) is 17.1 Å². The molecule has 0 aliphatic carbocycles. The third kappa shape index (κ3) is 2.71. The van der Waals surface area contributed by atoms with Gasteiger partial charge in [-0.2, -0.15) is 0 Å². The zero-order chi connectivity index (χ0) is 12.3. The highest BCUT2D eigenvalue weighted by Gasteiger charge is 2.09. The Balaban J connectivity index is 2.35. The molecule has 0 saturated carbocycles. The molecule has 0 aliphatic heterocycles.